The van der Waals surface area contributed by atoms with Gasteiger partial charge in [0.15, 0.2) is 0 Å². The third-order valence-electron chi connectivity index (χ3n) is 3.92. The van der Waals surface area contributed by atoms with Crippen molar-refractivity contribution < 1.29 is 0 Å². The second kappa shape index (κ2) is 5.79. The van der Waals surface area contributed by atoms with Gasteiger partial charge in [-0.1, -0.05) is 29.6 Å². The molecule has 0 spiro atoms. The van der Waals surface area contributed by atoms with Gasteiger partial charge in [-0.05, 0) is 50.3 Å². The van der Waals surface area contributed by atoms with Crippen LogP contribution in [-0.2, 0) is 12.8 Å². The summed E-state index contributed by atoms with van der Waals surface area (Å²) in [6.07, 6.45) is 5.79. The van der Waals surface area contributed by atoms with E-state index in [9.17, 15) is 0 Å². The molecule has 1 N–H and O–H groups in total. The predicted octanol–water partition coefficient (Wildman–Crippen LogP) is 5.24. The Kier molecular flexibility index (Phi) is 4.04. The van der Waals surface area contributed by atoms with Gasteiger partial charge in [0, 0.05) is 17.6 Å². The van der Waals surface area contributed by atoms with Gasteiger partial charge in [0.05, 0.1) is 21.2 Å². The molecule has 0 amide bonds. The fourth-order valence-corrected chi connectivity index (χ4v) is 3.45. The fraction of sp³-hybridized carbons (Fsp3) is 0.438. The van der Waals surface area contributed by atoms with Crippen LogP contribution in [0.15, 0.2) is 12.1 Å². The van der Waals surface area contributed by atoms with E-state index in [1.54, 1.807) is 0 Å². The molecule has 2 aromatic rings. The van der Waals surface area contributed by atoms with Crippen LogP contribution in [0.3, 0.4) is 0 Å². The van der Waals surface area contributed by atoms with Crippen molar-refractivity contribution in [2.45, 2.75) is 39.0 Å². The number of halogens is 2. The van der Waals surface area contributed by atoms with Gasteiger partial charge in [-0.2, -0.15) is 0 Å². The molecule has 1 aliphatic rings. The molecule has 0 fully saturated rings. The number of anilines is 1. The van der Waals surface area contributed by atoms with E-state index in [-0.39, 0.29) is 0 Å². The molecule has 0 saturated carbocycles. The van der Waals surface area contributed by atoms with E-state index in [2.05, 4.69) is 12.2 Å². The van der Waals surface area contributed by atoms with Crippen LogP contribution < -0.4 is 5.32 Å². The highest BCUT2D eigenvalue weighted by Crippen LogP contribution is 2.39. The lowest BCUT2D eigenvalue weighted by atomic mass is 10.0. The van der Waals surface area contributed by atoms with E-state index in [1.165, 1.54) is 30.5 Å². The molecular formula is C16H18Cl2N2. The number of fused-ring (bicyclic) bond motifs is 2. The zero-order valence-corrected chi connectivity index (χ0v) is 13.1. The maximum Gasteiger partial charge on any atom is 0.0927 e. The van der Waals surface area contributed by atoms with Gasteiger partial charge >= 0.3 is 0 Å². The third kappa shape index (κ3) is 2.36. The van der Waals surface area contributed by atoms with E-state index in [4.69, 9.17) is 28.2 Å². The van der Waals surface area contributed by atoms with Crippen LogP contribution in [0.1, 0.15) is 37.4 Å². The van der Waals surface area contributed by atoms with Crippen molar-refractivity contribution in [2.75, 3.05) is 11.9 Å². The summed E-state index contributed by atoms with van der Waals surface area (Å²) in [5.74, 6) is 0. The molecule has 1 aliphatic carbocycles. The van der Waals surface area contributed by atoms with Crippen molar-refractivity contribution in [3.8, 4) is 0 Å². The van der Waals surface area contributed by atoms with Gasteiger partial charge in [-0.25, -0.2) is 0 Å². The van der Waals surface area contributed by atoms with E-state index in [1.807, 2.05) is 12.1 Å². The average molecular weight is 309 g/mol. The average Bonchev–Trinajstić information content (AvgIpc) is 2.68. The molecule has 3 rings (SSSR count). The molecule has 1 aromatic heterocycles. The number of aryl methyl sites for hydroxylation is 1. The van der Waals surface area contributed by atoms with Crippen LogP contribution in [0.2, 0.25) is 10.0 Å². The minimum atomic E-state index is 0.676. The first-order valence-corrected chi connectivity index (χ1v) is 8.01. The first kappa shape index (κ1) is 14.0. The van der Waals surface area contributed by atoms with Crippen molar-refractivity contribution in [3.63, 3.8) is 0 Å². The molecule has 20 heavy (non-hydrogen) atoms. The molecule has 1 aromatic carbocycles. The summed E-state index contributed by atoms with van der Waals surface area (Å²) < 4.78 is 0. The Morgan fingerprint density at radius 1 is 1.10 bits per heavy atom. The lowest BCUT2D eigenvalue weighted by Crippen LogP contribution is -2.07. The van der Waals surface area contributed by atoms with Gasteiger partial charge in [0.25, 0.3) is 0 Å². The zero-order valence-electron chi connectivity index (χ0n) is 11.6. The van der Waals surface area contributed by atoms with Crippen LogP contribution in [0.25, 0.3) is 10.9 Å². The third-order valence-corrected chi connectivity index (χ3v) is 4.54. The smallest absolute Gasteiger partial charge is 0.0927 e. The van der Waals surface area contributed by atoms with Crippen molar-refractivity contribution in [2.24, 2.45) is 0 Å². The van der Waals surface area contributed by atoms with Crippen LogP contribution in [-0.4, -0.2) is 11.5 Å². The minimum Gasteiger partial charge on any atom is -0.384 e. The lowest BCUT2D eigenvalue weighted by Gasteiger charge is -2.17. The largest absolute Gasteiger partial charge is 0.384 e. The van der Waals surface area contributed by atoms with Gasteiger partial charge in [0.2, 0.25) is 0 Å². The van der Waals surface area contributed by atoms with Crippen LogP contribution >= 0.6 is 23.2 Å². The number of rotatable bonds is 2. The molecule has 0 bridgehead atoms. The van der Waals surface area contributed by atoms with E-state index in [0.717, 1.165) is 41.0 Å². The van der Waals surface area contributed by atoms with E-state index < -0.39 is 0 Å². The molecule has 0 radical (unpaired) electrons. The summed E-state index contributed by atoms with van der Waals surface area (Å²) >= 11 is 12.8. The van der Waals surface area contributed by atoms with Crippen molar-refractivity contribution in [1.29, 1.82) is 0 Å². The van der Waals surface area contributed by atoms with Crippen LogP contribution in [0.4, 0.5) is 5.69 Å². The zero-order chi connectivity index (χ0) is 14.1. The van der Waals surface area contributed by atoms with Crippen LogP contribution in [0, 0.1) is 0 Å². The second-order valence-electron chi connectivity index (χ2n) is 5.26. The Morgan fingerprint density at radius 3 is 2.65 bits per heavy atom. The van der Waals surface area contributed by atoms with Gasteiger partial charge in [0.1, 0.15) is 0 Å². The second-order valence-corrected chi connectivity index (χ2v) is 6.07. The molecule has 2 nitrogen and oxygen atoms in total. The summed E-state index contributed by atoms with van der Waals surface area (Å²) in [6.45, 7) is 2.97. The number of benzene rings is 1. The van der Waals surface area contributed by atoms with E-state index in [0.29, 0.717) is 5.02 Å². The van der Waals surface area contributed by atoms with Crippen molar-refractivity contribution in [3.05, 3.63) is 33.4 Å². The highest BCUT2D eigenvalue weighted by molar-refractivity contribution is 6.41. The van der Waals surface area contributed by atoms with Gasteiger partial charge in [-0.15, -0.1) is 0 Å². The highest BCUT2D eigenvalue weighted by atomic mass is 35.5. The first-order chi connectivity index (χ1) is 9.72. The van der Waals surface area contributed by atoms with Crippen molar-refractivity contribution >= 4 is 39.8 Å². The monoisotopic (exact) mass is 308 g/mol. The SMILES string of the molecule is CCNc1c2c(nc3c(Cl)ccc(Cl)c13)CCCCC2. The number of nitrogens with zero attached hydrogens (tertiary/aromatic N) is 1. The number of hydrogen-bond acceptors (Lipinski definition) is 2. The fourth-order valence-electron chi connectivity index (χ4n) is 3.00. The molecule has 4 heteroatoms. The molecule has 0 aliphatic heterocycles. The number of pyridine rings is 1. The summed E-state index contributed by atoms with van der Waals surface area (Å²) in [5.41, 5.74) is 4.49. The quantitative estimate of drug-likeness (QED) is 0.767. The summed E-state index contributed by atoms with van der Waals surface area (Å²) in [5, 5.41) is 5.86. The molecule has 0 saturated heterocycles. The maximum atomic E-state index is 6.41. The molecular weight excluding hydrogens is 291 g/mol. The van der Waals surface area contributed by atoms with Gasteiger partial charge < -0.3 is 5.32 Å². The Bertz CT molecular complexity index is 653. The molecule has 0 unspecified atom stereocenters. The Hall–Kier alpha value is -0.990. The Labute approximate surface area is 129 Å². The standard InChI is InChI=1S/C16H18Cl2N2/c1-2-19-15-10-6-4-3-5-7-13(10)20-16-12(18)9-8-11(17)14(15)16/h8-9H,2-7H2,1H3,(H,19,20). The van der Waals surface area contributed by atoms with E-state index >= 15 is 0 Å². The number of nitrogens with one attached hydrogen (secondary N) is 1. The van der Waals surface area contributed by atoms with Gasteiger partial charge in [-0.3, -0.25) is 4.98 Å². The first-order valence-electron chi connectivity index (χ1n) is 7.25. The molecule has 0 atom stereocenters. The Morgan fingerprint density at radius 2 is 1.85 bits per heavy atom. The summed E-state index contributed by atoms with van der Waals surface area (Å²) in [7, 11) is 0. The molecule has 1 heterocycles. The predicted molar refractivity (Wildman–Crippen MR) is 87.2 cm³/mol. The van der Waals surface area contributed by atoms with Crippen LogP contribution in [0.5, 0.6) is 0 Å². The highest BCUT2D eigenvalue weighted by Gasteiger charge is 2.19. The summed E-state index contributed by atoms with van der Waals surface area (Å²) in [4.78, 5) is 4.82. The lowest BCUT2D eigenvalue weighted by molar-refractivity contribution is 0.709. The summed E-state index contributed by atoms with van der Waals surface area (Å²) in [6, 6.07) is 3.69. The normalized spacial score (nSPS) is 14.9. The number of aromatic nitrogens is 1. The minimum absolute atomic E-state index is 0.676. The van der Waals surface area contributed by atoms with Crippen molar-refractivity contribution in [1.82, 2.24) is 4.98 Å². The number of hydrogen-bond donors (Lipinski definition) is 1. The Balaban J connectivity index is 2.36. The topological polar surface area (TPSA) is 24.9 Å². The molecule has 106 valence electrons. The maximum absolute atomic E-state index is 6.41.